The van der Waals surface area contributed by atoms with Crippen molar-refractivity contribution < 1.29 is 32.7 Å². The molecule has 13 nitrogen and oxygen atoms in total. The maximum atomic E-state index is 17.8. The zero-order valence-electron chi connectivity index (χ0n) is 34.2. The fourth-order valence-corrected chi connectivity index (χ4v) is 9.97. The number of benzene rings is 2. The summed E-state index contributed by atoms with van der Waals surface area (Å²) in [7, 11) is 1.61. The van der Waals surface area contributed by atoms with Gasteiger partial charge in [0.15, 0.2) is 5.82 Å². The topological polar surface area (TPSA) is 143 Å². The van der Waals surface area contributed by atoms with Crippen LogP contribution in [0.2, 0.25) is 0 Å². The molecule has 15 heteroatoms. The lowest BCUT2D eigenvalue weighted by atomic mass is 9.95. The van der Waals surface area contributed by atoms with Crippen LogP contribution in [-0.4, -0.2) is 91.5 Å². The Morgan fingerprint density at radius 3 is 2.17 bits per heavy atom. The molecule has 6 unspecified atom stereocenters. The summed E-state index contributed by atoms with van der Waals surface area (Å²) in [5, 5.41) is 10.5. The Hall–Kier alpha value is -5.57. The fraction of sp³-hybridized carbons (Fsp3) is 0.432. The van der Waals surface area contributed by atoms with E-state index in [0.717, 1.165) is 40.2 Å². The number of carbonyl (C=O) groups is 1. The van der Waals surface area contributed by atoms with Crippen molar-refractivity contribution >= 4 is 39.4 Å². The number of nitrogens with zero attached hydrogens (tertiary/aromatic N) is 7. The first-order valence-corrected chi connectivity index (χ1v) is 21.5. The summed E-state index contributed by atoms with van der Waals surface area (Å²) in [5.41, 5.74) is 4.21. The van der Waals surface area contributed by atoms with Crippen LogP contribution >= 0.6 is 0 Å². The van der Waals surface area contributed by atoms with Gasteiger partial charge in [0, 0.05) is 25.9 Å². The van der Waals surface area contributed by atoms with Crippen molar-refractivity contribution in [3.63, 3.8) is 0 Å². The van der Waals surface area contributed by atoms with E-state index in [9.17, 15) is 14.1 Å². The van der Waals surface area contributed by atoms with E-state index in [1.165, 1.54) is 11.2 Å². The van der Waals surface area contributed by atoms with Crippen molar-refractivity contribution in [2.45, 2.75) is 95.4 Å². The molecule has 1 N–H and O–H groups in total. The van der Waals surface area contributed by atoms with Gasteiger partial charge in [0.2, 0.25) is 11.0 Å². The molecule has 1 amide bonds. The minimum Gasteiger partial charge on any atom is -0.497 e. The zero-order chi connectivity index (χ0) is 41.5. The van der Waals surface area contributed by atoms with Crippen LogP contribution in [0.3, 0.4) is 0 Å². The third kappa shape index (κ3) is 6.76. The summed E-state index contributed by atoms with van der Waals surface area (Å²) >= 11 is 0. The van der Waals surface area contributed by atoms with E-state index < -0.39 is 34.9 Å². The van der Waals surface area contributed by atoms with Crippen LogP contribution in [0.25, 0.3) is 22.3 Å². The first-order chi connectivity index (χ1) is 28.3. The molecule has 5 aromatic rings. The largest absolute Gasteiger partial charge is 0.497 e. The first kappa shape index (κ1) is 38.9. The summed E-state index contributed by atoms with van der Waals surface area (Å²) < 4.78 is 48.5. The second kappa shape index (κ2) is 14.6. The minimum atomic E-state index is -1.67. The van der Waals surface area contributed by atoms with E-state index in [1.807, 2.05) is 67.3 Å². The third-order valence-corrected chi connectivity index (χ3v) is 13.4. The van der Waals surface area contributed by atoms with Gasteiger partial charge < -0.3 is 29.1 Å². The Bertz CT molecular complexity index is 2450. The van der Waals surface area contributed by atoms with Gasteiger partial charge in [-0.1, -0.05) is 38.1 Å². The fourth-order valence-electron chi connectivity index (χ4n) is 9.53. The molecule has 0 radical (unpaired) electrons. The summed E-state index contributed by atoms with van der Waals surface area (Å²) in [6, 6.07) is 16.8. The molecule has 3 aromatic heterocycles. The number of anilines is 2. The lowest BCUT2D eigenvalue weighted by Gasteiger charge is -2.47. The molecule has 2 bridgehead atoms. The number of amides is 1. The molecule has 2 aromatic carbocycles. The number of aryl methyl sites for hydroxylation is 1. The van der Waals surface area contributed by atoms with Crippen molar-refractivity contribution in [1.29, 1.82) is 0 Å². The molecule has 6 atom stereocenters. The van der Waals surface area contributed by atoms with E-state index >= 15 is 4.39 Å². The number of hydrogen-bond acceptors (Lipinski definition) is 11. The van der Waals surface area contributed by atoms with Crippen molar-refractivity contribution in [2.24, 2.45) is 5.41 Å². The van der Waals surface area contributed by atoms with Crippen LogP contribution in [0.15, 0.2) is 59.8 Å². The van der Waals surface area contributed by atoms with Crippen LogP contribution in [0.1, 0.15) is 68.2 Å². The Morgan fingerprint density at radius 2 is 1.61 bits per heavy atom. The van der Waals surface area contributed by atoms with Gasteiger partial charge in [0.05, 0.1) is 48.8 Å². The van der Waals surface area contributed by atoms with Crippen LogP contribution in [0.5, 0.6) is 17.4 Å². The summed E-state index contributed by atoms with van der Waals surface area (Å²) in [4.78, 5) is 37.9. The van der Waals surface area contributed by atoms with Crippen LogP contribution in [0.4, 0.5) is 20.8 Å². The molecule has 9 rings (SSSR count). The van der Waals surface area contributed by atoms with Gasteiger partial charge >= 0.3 is 6.09 Å². The molecule has 1 saturated carbocycles. The number of pyridine rings is 2. The molecule has 2 saturated heterocycles. The molecule has 308 valence electrons. The first-order valence-electron chi connectivity index (χ1n) is 20.0. The van der Waals surface area contributed by atoms with E-state index in [4.69, 9.17) is 29.2 Å². The van der Waals surface area contributed by atoms with Crippen LogP contribution < -0.4 is 24.0 Å². The van der Waals surface area contributed by atoms with Crippen LogP contribution in [0, 0.1) is 18.2 Å². The van der Waals surface area contributed by atoms with Crippen molar-refractivity contribution in [1.82, 2.24) is 24.8 Å². The second-order valence-electron chi connectivity index (χ2n) is 16.9. The maximum absolute atomic E-state index is 17.8. The zero-order valence-corrected chi connectivity index (χ0v) is 35.0. The van der Waals surface area contributed by atoms with Gasteiger partial charge in [-0.3, -0.25) is 9.11 Å². The quantitative estimate of drug-likeness (QED) is 0.140. The summed E-state index contributed by atoms with van der Waals surface area (Å²) in [5.74, 6) is 2.02. The molecule has 59 heavy (non-hydrogen) atoms. The highest BCUT2D eigenvalue weighted by Gasteiger charge is 2.53. The van der Waals surface area contributed by atoms with Crippen LogP contribution in [-0.2, 0) is 23.9 Å². The molecular weight excluding hydrogens is 774 g/mol. The molecule has 1 aliphatic carbocycles. The molecule has 0 spiro atoms. The summed E-state index contributed by atoms with van der Waals surface area (Å²) in [6.07, 6.45) is 2.15. The highest BCUT2D eigenvalue weighted by molar-refractivity contribution is 7.84. The van der Waals surface area contributed by atoms with Crippen molar-refractivity contribution in [3.8, 4) is 28.8 Å². The molecular formula is C44H48FN7O6S. The molecule has 6 heterocycles. The van der Waals surface area contributed by atoms with E-state index in [0.29, 0.717) is 49.8 Å². The average Bonchev–Trinajstić information content (AvgIpc) is 3.76. The molecule has 4 aliphatic rings. The lowest BCUT2D eigenvalue weighted by molar-refractivity contribution is 0.0707. The SMILES string of the molecule is COc1ccc(CN(Cc2ccc(OC)cc2)c2cc(C)c(C3CC3(C)C)c(-c3nc4c5c(nc(S(C)=O)nc5c3F)N3CC5CCC(C3C(C)O4)N5C(=O)O)n2)cc1. The van der Waals surface area contributed by atoms with Crippen molar-refractivity contribution in [2.75, 3.05) is 36.8 Å². The predicted octanol–water partition coefficient (Wildman–Crippen LogP) is 7.49. The van der Waals surface area contributed by atoms with Gasteiger partial charge in [-0.25, -0.2) is 29.1 Å². The monoisotopic (exact) mass is 821 g/mol. The van der Waals surface area contributed by atoms with Gasteiger partial charge in [-0.15, -0.1) is 0 Å². The molecule has 3 aliphatic heterocycles. The number of ether oxygens (including phenoxy) is 3. The number of halogens is 1. The van der Waals surface area contributed by atoms with Crippen molar-refractivity contribution in [3.05, 3.63) is 82.7 Å². The normalized spacial score (nSPS) is 22.9. The number of carboxylic acid groups (broad SMARTS) is 1. The maximum Gasteiger partial charge on any atom is 0.407 e. The van der Waals surface area contributed by atoms with Gasteiger partial charge in [-0.2, -0.15) is 0 Å². The Morgan fingerprint density at radius 1 is 0.983 bits per heavy atom. The highest BCUT2D eigenvalue weighted by atomic mass is 32.2. The Balaban J connectivity index is 1.23. The third-order valence-electron chi connectivity index (χ3n) is 12.7. The minimum absolute atomic E-state index is 0.0118. The Labute approximate surface area is 345 Å². The number of aromatic nitrogens is 4. The van der Waals surface area contributed by atoms with E-state index in [-0.39, 0.29) is 51.0 Å². The number of hydrogen-bond donors (Lipinski definition) is 1. The number of piperazine rings is 1. The highest BCUT2D eigenvalue weighted by Crippen LogP contribution is 2.61. The number of methoxy groups -OCH3 is 2. The van der Waals surface area contributed by atoms with Gasteiger partial charge in [0.25, 0.3) is 0 Å². The van der Waals surface area contributed by atoms with E-state index in [1.54, 1.807) is 14.2 Å². The number of rotatable bonds is 10. The van der Waals surface area contributed by atoms with Gasteiger partial charge in [-0.05, 0) is 97.0 Å². The predicted molar refractivity (Wildman–Crippen MR) is 223 cm³/mol. The van der Waals surface area contributed by atoms with E-state index in [2.05, 4.69) is 29.8 Å². The second-order valence-corrected chi connectivity index (χ2v) is 18.2. The number of fused-ring (bicyclic) bond motifs is 5. The van der Waals surface area contributed by atoms with Gasteiger partial charge in [0.1, 0.15) is 45.8 Å². The smallest absolute Gasteiger partial charge is 0.407 e. The standard InChI is InChI=1S/C44H48FN7O6S/c1-23-18-32(50(20-25-8-13-28(56-5)14-9-25)21-26-10-15-29(57-6)16-11-26)46-37(33(23)30-19-44(30,3)4)38-35(45)36-34-40(49-42(48-36)59(7)55)51-22-27-12-17-31(52(27)43(53)54)39(51)24(2)58-41(34)47-38/h8-11,13-16,18,24,27,30-31,39H,12,17,19-22H2,1-7H3,(H,53,54). The Kier molecular flexibility index (Phi) is 9.64. The summed E-state index contributed by atoms with van der Waals surface area (Å²) in [6.45, 7) is 9.64. The lowest BCUT2D eigenvalue weighted by Crippen LogP contribution is -2.64. The molecule has 3 fully saturated rings. The average molecular weight is 822 g/mol.